The second-order valence-electron chi connectivity index (χ2n) is 8.97. The monoisotopic (exact) mass is 535 g/mol. The van der Waals surface area contributed by atoms with Gasteiger partial charge in [0.1, 0.15) is 18.1 Å². The van der Waals surface area contributed by atoms with Gasteiger partial charge in [-0.2, -0.15) is 12.6 Å². The van der Waals surface area contributed by atoms with Gasteiger partial charge in [0.25, 0.3) is 0 Å². The maximum Gasteiger partial charge on any atom is 0.326 e. The van der Waals surface area contributed by atoms with Crippen LogP contribution in [0, 0.1) is 5.92 Å². The molecule has 4 atom stereocenters. The number of hydrogen-bond acceptors (Lipinski definition) is 7. The third-order valence-electron chi connectivity index (χ3n) is 5.83. The van der Waals surface area contributed by atoms with Crippen molar-refractivity contribution in [1.82, 2.24) is 20.9 Å². The number of para-hydroxylation sites is 1. The van der Waals surface area contributed by atoms with Crippen LogP contribution in [0.15, 0.2) is 30.5 Å². The highest BCUT2D eigenvalue weighted by molar-refractivity contribution is 7.80. The fraction of sp³-hybridized carbons (Fsp3) is 0.458. The van der Waals surface area contributed by atoms with Crippen molar-refractivity contribution in [3.8, 4) is 0 Å². The standard InChI is InChI=1S/C24H33N5O7S/c1-12(2)20(25)23(34)27-16(7-8-19(30)31)21(32)29-18(11-37)22(33)28-17(24(35)36)9-13-10-26-15-6-4-3-5-14(13)15/h3-6,10,12,16-18,20,26,37H,7-9,11,25H2,1-2H3,(H,27,34)(H,28,33)(H,29,32)(H,30,31)(H,35,36). The van der Waals surface area contributed by atoms with Gasteiger partial charge in [-0.15, -0.1) is 0 Å². The molecule has 8 N–H and O–H groups in total. The van der Waals surface area contributed by atoms with E-state index in [2.05, 4.69) is 33.6 Å². The lowest BCUT2D eigenvalue weighted by molar-refractivity contribution is -0.142. The van der Waals surface area contributed by atoms with Gasteiger partial charge in [0.15, 0.2) is 0 Å². The maximum atomic E-state index is 12.9. The fourth-order valence-electron chi connectivity index (χ4n) is 3.57. The molecule has 0 aliphatic rings. The quantitative estimate of drug-likeness (QED) is 0.155. The summed E-state index contributed by atoms with van der Waals surface area (Å²) in [5.41, 5.74) is 7.33. The third kappa shape index (κ3) is 8.50. The summed E-state index contributed by atoms with van der Waals surface area (Å²) < 4.78 is 0. The molecule has 1 aromatic heterocycles. The van der Waals surface area contributed by atoms with E-state index in [1.54, 1.807) is 20.0 Å². The van der Waals surface area contributed by atoms with Crippen LogP contribution in [0.3, 0.4) is 0 Å². The van der Waals surface area contributed by atoms with Gasteiger partial charge in [-0.05, 0) is 24.0 Å². The molecule has 0 saturated carbocycles. The number of aromatic nitrogens is 1. The molecular formula is C24H33N5O7S. The molecule has 13 heteroatoms. The number of hydrogen-bond donors (Lipinski definition) is 8. The number of amides is 3. The minimum Gasteiger partial charge on any atom is -0.481 e. The molecule has 0 saturated heterocycles. The first-order valence-electron chi connectivity index (χ1n) is 11.7. The van der Waals surface area contributed by atoms with E-state index in [9.17, 15) is 29.1 Å². The Hall–Kier alpha value is -3.58. The average molecular weight is 536 g/mol. The van der Waals surface area contributed by atoms with Crippen LogP contribution in [-0.2, 0) is 30.4 Å². The molecular weight excluding hydrogens is 502 g/mol. The number of nitrogens with two attached hydrogens (primary N) is 1. The summed E-state index contributed by atoms with van der Waals surface area (Å²) in [5.74, 6) is -5.10. The number of thiol groups is 1. The first-order chi connectivity index (χ1) is 17.4. The highest BCUT2D eigenvalue weighted by Gasteiger charge is 2.30. The molecule has 4 unspecified atom stereocenters. The van der Waals surface area contributed by atoms with Crippen molar-refractivity contribution in [2.24, 2.45) is 11.7 Å². The first-order valence-corrected chi connectivity index (χ1v) is 12.3. The normalized spacial score (nSPS) is 14.4. The summed E-state index contributed by atoms with van der Waals surface area (Å²) in [6, 6.07) is 2.58. The second kappa shape index (κ2) is 13.7. The number of benzene rings is 1. The lowest BCUT2D eigenvalue weighted by atomic mass is 10.0. The molecule has 2 aromatic rings. The smallest absolute Gasteiger partial charge is 0.326 e. The average Bonchev–Trinajstić information content (AvgIpc) is 3.26. The molecule has 37 heavy (non-hydrogen) atoms. The number of carbonyl (C=O) groups is 5. The Kier molecular flexibility index (Phi) is 10.9. The largest absolute Gasteiger partial charge is 0.481 e. The zero-order valence-corrected chi connectivity index (χ0v) is 21.5. The van der Waals surface area contributed by atoms with Gasteiger partial charge in [-0.3, -0.25) is 19.2 Å². The Morgan fingerprint density at radius 3 is 2.14 bits per heavy atom. The molecule has 0 fully saturated rings. The summed E-state index contributed by atoms with van der Waals surface area (Å²) in [4.78, 5) is 64.1. The number of nitrogens with one attached hydrogen (secondary N) is 4. The van der Waals surface area contributed by atoms with Crippen LogP contribution < -0.4 is 21.7 Å². The second-order valence-corrected chi connectivity index (χ2v) is 9.34. The molecule has 0 aliphatic heterocycles. The van der Waals surface area contributed by atoms with Crippen molar-refractivity contribution in [2.45, 2.75) is 57.3 Å². The van der Waals surface area contributed by atoms with E-state index in [0.29, 0.717) is 5.56 Å². The number of fused-ring (bicyclic) bond motifs is 1. The van der Waals surface area contributed by atoms with Crippen molar-refractivity contribution in [1.29, 1.82) is 0 Å². The Labute approximate surface area is 219 Å². The third-order valence-corrected chi connectivity index (χ3v) is 6.20. The number of rotatable bonds is 14. The summed E-state index contributed by atoms with van der Waals surface area (Å²) in [7, 11) is 0. The SMILES string of the molecule is CC(C)C(N)C(=O)NC(CCC(=O)O)C(=O)NC(CS)C(=O)NC(Cc1c[nH]c2ccccc12)C(=O)O. The predicted octanol–water partition coefficient (Wildman–Crippen LogP) is 0.0273. The van der Waals surface area contributed by atoms with Crippen molar-refractivity contribution < 1.29 is 34.2 Å². The first kappa shape index (κ1) is 29.6. The molecule has 202 valence electrons. The molecule has 1 heterocycles. The van der Waals surface area contributed by atoms with Crippen molar-refractivity contribution >= 4 is 53.2 Å². The van der Waals surface area contributed by atoms with Gasteiger partial charge >= 0.3 is 11.9 Å². The molecule has 1 aromatic carbocycles. The molecule has 0 spiro atoms. The zero-order valence-electron chi connectivity index (χ0n) is 20.6. The Bertz CT molecular complexity index is 1140. The Morgan fingerprint density at radius 1 is 0.946 bits per heavy atom. The predicted molar refractivity (Wildman–Crippen MR) is 139 cm³/mol. The van der Waals surface area contributed by atoms with Gasteiger partial charge < -0.3 is 36.9 Å². The summed E-state index contributed by atoms with van der Waals surface area (Å²) in [5, 5.41) is 26.8. The van der Waals surface area contributed by atoms with E-state index in [0.717, 1.165) is 10.9 Å². The minimum absolute atomic E-state index is 0.0112. The van der Waals surface area contributed by atoms with Crippen molar-refractivity contribution in [2.75, 3.05) is 5.75 Å². The molecule has 0 radical (unpaired) electrons. The number of carboxylic acid groups (broad SMARTS) is 2. The van der Waals surface area contributed by atoms with E-state index in [1.807, 2.05) is 24.3 Å². The number of aromatic amines is 1. The number of aliphatic carboxylic acids is 2. The fourth-order valence-corrected chi connectivity index (χ4v) is 3.82. The minimum atomic E-state index is -1.29. The molecule has 0 aliphatic carbocycles. The van der Waals surface area contributed by atoms with Crippen LogP contribution in [0.1, 0.15) is 32.3 Å². The van der Waals surface area contributed by atoms with Gasteiger partial charge in [0.05, 0.1) is 6.04 Å². The number of carboxylic acids is 2. The zero-order chi connectivity index (χ0) is 27.7. The van der Waals surface area contributed by atoms with Crippen LogP contribution >= 0.6 is 12.6 Å². The van der Waals surface area contributed by atoms with E-state index >= 15 is 0 Å². The lowest BCUT2D eigenvalue weighted by Crippen LogP contribution is -2.58. The summed E-state index contributed by atoms with van der Waals surface area (Å²) >= 11 is 4.09. The summed E-state index contributed by atoms with van der Waals surface area (Å²) in [6.07, 6.45) is 1.00. The summed E-state index contributed by atoms with van der Waals surface area (Å²) in [6.45, 7) is 3.43. The number of carbonyl (C=O) groups excluding carboxylic acids is 3. The van der Waals surface area contributed by atoms with Gasteiger partial charge in [0, 0.05) is 35.7 Å². The van der Waals surface area contributed by atoms with E-state index in [4.69, 9.17) is 10.8 Å². The van der Waals surface area contributed by atoms with Crippen LogP contribution in [0.25, 0.3) is 10.9 Å². The highest BCUT2D eigenvalue weighted by Crippen LogP contribution is 2.19. The van der Waals surface area contributed by atoms with Crippen molar-refractivity contribution in [3.63, 3.8) is 0 Å². The van der Waals surface area contributed by atoms with Crippen LogP contribution in [0.4, 0.5) is 0 Å². The van der Waals surface area contributed by atoms with E-state index < -0.39 is 60.2 Å². The van der Waals surface area contributed by atoms with Gasteiger partial charge in [-0.25, -0.2) is 4.79 Å². The maximum absolute atomic E-state index is 12.9. The molecule has 0 bridgehead atoms. The molecule has 2 rings (SSSR count). The van der Waals surface area contributed by atoms with Crippen LogP contribution in [0.2, 0.25) is 0 Å². The Balaban J connectivity index is 2.11. The molecule has 12 nitrogen and oxygen atoms in total. The van der Waals surface area contributed by atoms with Crippen LogP contribution in [0.5, 0.6) is 0 Å². The molecule has 3 amide bonds. The van der Waals surface area contributed by atoms with E-state index in [-0.39, 0.29) is 24.5 Å². The van der Waals surface area contributed by atoms with Gasteiger partial charge in [0.2, 0.25) is 17.7 Å². The topological polar surface area (TPSA) is 204 Å². The van der Waals surface area contributed by atoms with Crippen molar-refractivity contribution in [3.05, 3.63) is 36.0 Å². The Morgan fingerprint density at radius 2 is 1.54 bits per heavy atom. The van der Waals surface area contributed by atoms with E-state index in [1.165, 1.54) is 0 Å². The lowest BCUT2D eigenvalue weighted by Gasteiger charge is -2.25. The number of H-pyrrole nitrogens is 1. The van der Waals surface area contributed by atoms with Crippen LogP contribution in [-0.4, -0.2) is 74.8 Å². The van der Waals surface area contributed by atoms with Gasteiger partial charge in [-0.1, -0.05) is 32.0 Å². The highest BCUT2D eigenvalue weighted by atomic mass is 32.1.